The summed E-state index contributed by atoms with van der Waals surface area (Å²) >= 11 is 0. The quantitative estimate of drug-likeness (QED) is 0.328. The molecule has 5 nitrogen and oxygen atoms in total. The largest absolute Gasteiger partial charge is 0.409 e. The van der Waals surface area contributed by atoms with Gasteiger partial charge in [0.2, 0.25) is 5.91 Å². The Kier molecular flexibility index (Phi) is 6.99. The summed E-state index contributed by atoms with van der Waals surface area (Å²) < 4.78 is 0. The van der Waals surface area contributed by atoms with Crippen molar-refractivity contribution in [3.8, 4) is 0 Å². The Morgan fingerprint density at radius 3 is 2.43 bits per heavy atom. The molecule has 5 heteroatoms. The molecule has 1 aliphatic rings. The van der Waals surface area contributed by atoms with Gasteiger partial charge in [0, 0.05) is 12.6 Å². The molecule has 0 aromatic heterocycles. The second kappa shape index (κ2) is 8.25. The number of nitrogens with zero attached hydrogens (tertiary/aromatic N) is 2. The first-order valence-corrected chi connectivity index (χ1v) is 8.32. The molecule has 3 N–H and O–H groups in total. The van der Waals surface area contributed by atoms with Gasteiger partial charge in [-0.1, -0.05) is 44.7 Å². The summed E-state index contributed by atoms with van der Waals surface area (Å²) in [4.78, 5) is 15.1. The topological polar surface area (TPSA) is 78.9 Å². The lowest BCUT2D eigenvalue weighted by Crippen LogP contribution is -2.54. The zero-order chi connectivity index (χ0) is 15.9. The van der Waals surface area contributed by atoms with Gasteiger partial charge in [0.15, 0.2) is 5.84 Å². The summed E-state index contributed by atoms with van der Waals surface area (Å²) in [5.41, 5.74) is 5.16. The van der Waals surface area contributed by atoms with E-state index in [1.165, 1.54) is 0 Å². The maximum Gasteiger partial charge on any atom is 0.236 e. The van der Waals surface area contributed by atoms with Crippen LogP contribution in [0.25, 0.3) is 0 Å². The number of carbonyl (C=O) groups excluding carboxylic acids is 1. The van der Waals surface area contributed by atoms with Crippen molar-refractivity contribution in [2.24, 2.45) is 16.3 Å². The summed E-state index contributed by atoms with van der Waals surface area (Å²) in [5.74, 6) is 0.150. The van der Waals surface area contributed by atoms with Gasteiger partial charge >= 0.3 is 0 Å². The van der Waals surface area contributed by atoms with Crippen molar-refractivity contribution in [3.05, 3.63) is 0 Å². The highest BCUT2D eigenvalue weighted by Gasteiger charge is 2.46. The van der Waals surface area contributed by atoms with E-state index in [-0.39, 0.29) is 17.8 Å². The Bertz CT molecular complexity index is 363. The van der Waals surface area contributed by atoms with Gasteiger partial charge < -0.3 is 15.8 Å². The highest BCUT2D eigenvalue weighted by Crippen LogP contribution is 2.39. The predicted molar refractivity (Wildman–Crippen MR) is 85.3 cm³/mol. The molecule has 0 aromatic carbocycles. The van der Waals surface area contributed by atoms with Crippen molar-refractivity contribution in [2.75, 3.05) is 6.54 Å². The van der Waals surface area contributed by atoms with E-state index in [1.807, 2.05) is 4.90 Å². The third-order valence-electron chi connectivity index (χ3n) is 4.85. The number of unbranched alkanes of at least 4 members (excludes halogenated alkanes) is 1. The highest BCUT2D eigenvalue weighted by atomic mass is 16.4. The fraction of sp³-hybridized carbons (Fsp3) is 0.875. The Morgan fingerprint density at radius 1 is 1.33 bits per heavy atom. The number of nitrogens with two attached hydrogens (primary N) is 1. The van der Waals surface area contributed by atoms with E-state index in [2.05, 4.69) is 25.9 Å². The van der Waals surface area contributed by atoms with E-state index in [4.69, 9.17) is 10.9 Å². The molecule has 1 unspecified atom stereocenters. The smallest absolute Gasteiger partial charge is 0.236 e. The molecule has 0 bridgehead atoms. The Labute approximate surface area is 128 Å². The summed E-state index contributed by atoms with van der Waals surface area (Å²) in [6, 6.07) is 0.189. The van der Waals surface area contributed by atoms with Crippen LogP contribution in [0, 0.1) is 5.41 Å². The van der Waals surface area contributed by atoms with Gasteiger partial charge in [-0.05, 0) is 32.6 Å². The first-order chi connectivity index (χ1) is 10.0. The zero-order valence-corrected chi connectivity index (χ0v) is 13.8. The van der Waals surface area contributed by atoms with Crippen LogP contribution >= 0.6 is 0 Å². The number of amidine groups is 1. The van der Waals surface area contributed by atoms with E-state index in [9.17, 15) is 4.79 Å². The van der Waals surface area contributed by atoms with Gasteiger partial charge in [0.25, 0.3) is 0 Å². The molecule has 1 fully saturated rings. The Morgan fingerprint density at radius 2 is 1.95 bits per heavy atom. The van der Waals surface area contributed by atoms with Crippen molar-refractivity contribution >= 4 is 11.7 Å². The van der Waals surface area contributed by atoms with E-state index in [0.717, 1.165) is 45.1 Å². The molecular formula is C16H31N3O2. The van der Waals surface area contributed by atoms with Crippen LogP contribution < -0.4 is 5.73 Å². The standard InChI is InChI=1S/C16H31N3O2/c1-4-6-12-19(13(3)5-2)15(20)16(14(17)18-21)10-8-7-9-11-16/h13,21H,4-12H2,1-3H3,(H2,17,18). The first-order valence-electron chi connectivity index (χ1n) is 8.32. The van der Waals surface area contributed by atoms with Crippen molar-refractivity contribution in [2.45, 2.75) is 78.2 Å². The number of oxime groups is 1. The maximum atomic E-state index is 13.2. The molecular weight excluding hydrogens is 266 g/mol. The van der Waals surface area contributed by atoms with Gasteiger partial charge in [-0.25, -0.2) is 0 Å². The number of rotatable bonds is 7. The van der Waals surface area contributed by atoms with Crippen LogP contribution in [0.15, 0.2) is 5.16 Å². The van der Waals surface area contributed by atoms with Crippen LogP contribution in [-0.2, 0) is 4.79 Å². The average Bonchev–Trinajstić information content (AvgIpc) is 2.54. The maximum absolute atomic E-state index is 13.2. The third-order valence-corrected chi connectivity index (χ3v) is 4.85. The van der Waals surface area contributed by atoms with E-state index >= 15 is 0 Å². The molecule has 1 rings (SSSR count). The monoisotopic (exact) mass is 297 g/mol. The van der Waals surface area contributed by atoms with Gasteiger partial charge in [-0.2, -0.15) is 0 Å². The molecule has 0 heterocycles. The Balaban J connectivity index is 3.05. The molecule has 1 aliphatic carbocycles. The van der Waals surface area contributed by atoms with E-state index < -0.39 is 5.41 Å². The number of hydrogen-bond acceptors (Lipinski definition) is 3. The van der Waals surface area contributed by atoms with Crippen molar-refractivity contribution in [1.82, 2.24) is 4.90 Å². The molecule has 0 aromatic rings. The number of hydrogen-bond donors (Lipinski definition) is 2. The predicted octanol–water partition coefficient (Wildman–Crippen LogP) is 3.11. The first kappa shape index (κ1) is 17.8. The van der Waals surface area contributed by atoms with Crippen LogP contribution in [0.2, 0.25) is 0 Å². The van der Waals surface area contributed by atoms with Gasteiger partial charge in [0.1, 0.15) is 5.41 Å². The second-order valence-corrected chi connectivity index (χ2v) is 6.24. The molecule has 0 saturated heterocycles. The van der Waals surface area contributed by atoms with Crippen molar-refractivity contribution < 1.29 is 10.0 Å². The second-order valence-electron chi connectivity index (χ2n) is 6.24. The molecule has 0 aliphatic heterocycles. The van der Waals surface area contributed by atoms with Gasteiger partial charge in [0.05, 0.1) is 0 Å². The van der Waals surface area contributed by atoms with Crippen LogP contribution in [0.4, 0.5) is 0 Å². The minimum absolute atomic E-state index is 0.0558. The summed E-state index contributed by atoms with van der Waals surface area (Å²) in [6.45, 7) is 7.05. The number of carbonyl (C=O) groups is 1. The van der Waals surface area contributed by atoms with Gasteiger partial charge in [-0.15, -0.1) is 0 Å². The normalized spacial score (nSPS) is 20.0. The lowest BCUT2D eigenvalue weighted by atomic mass is 9.71. The fourth-order valence-corrected chi connectivity index (χ4v) is 3.18. The molecule has 122 valence electrons. The lowest BCUT2D eigenvalue weighted by Gasteiger charge is -2.41. The van der Waals surface area contributed by atoms with Gasteiger partial charge in [-0.3, -0.25) is 4.79 Å². The lowest BCUT2D eigenvalue weighted by molar-refractivity contribution is -0.142. The molecule has 1 amide bonds. The van der Waals surface area contributed by atoms with E-state index in [0.29, 0.717) is 12.8 Å². The SMILES string of the molecule is CCCCN(C(=O)C1(C(N)=NO)CCCCC1)C(C)CC. The Hall–Kier alpha value is -1.26. The van der Waals surface area contributed by atoms with Crippen molar-refractivity contribution in [1.29, 1.82) is 0 Å². The fourth-order valence-electron chi connectivity index (χ4n) is 3.18. The molecule has 1 atom stereocenters. The van der Waals surface area contributed by atoms with Crippen LogP contribution in [0.5, 0.6) is 0 Å². The minimum Gasteiger partial charge on any atom is -0.409 e. The highest BCUT2D eigenvalue weighted by molar-refractivity contribution is 6.06. The molecule has 0 spiro atoms. The van der Waals surface area contributed by atoms with E-state index in [1.54, 1.807) is 0 Å². The zero-order valence-electron chi connectivity index (χ0n) is 13.8. The molecule has 1 saturated carbocycles. The van der Waals surface area contributed by atoms with Crippen molar-refractivity contribution in [3.63, 3.8) is 0 Å². The van der Waals surface area contributed by atoms with Crippen LogP contribution in [-0.4, -0.2) is 34.4 Å². The summed E-state index contributed by atoms with van der Waals surface area (Å²) in [6.07, 6.45) is 7.39. The molecule has 0 radical (unpaired) electrons. The minimum atomic E-state index is -0.788. The third kappa shape index (κ3) is 3.89. The average molecular weight is 297 g/mol. The van der Waals surface area contributed by atoms with Crippen LogP contribution in [0.1, 0.15) is 72.1 Å². The number of amides is 1. The van der Waals surface area contributed by atoms with Crippen LogP contribution in [0.3, 0.4) is 0 Å². The summed E-state index contributed by atoms with van der Waals surface area (Å²) in [5, 5.41) is 12.3. The molecule has 21 heavy (non-hydrogen) atoms. The summed E-state index contributed by atoms with van der Waals surface area (Å²) in [7, 11) is 0.